The monoisotopic (exact) mass is 428 g/mol. The first kappa shape index (κ1) is 21.9. The number of aromatic nitrogens is 2. The zero-order valence-electron chi connectivity index (χ0n) is 19.7. The molecule has 0 radical (unpaired) electrons. The van der Waals surface area contributed by atoms with Crippen LogP contribution >= 0.6 is 0 Å². The minimum atomic E-state index is 0.417. The minimum Gasteiger partial charge on any atom is -0.491 e. The predicted molar refractivity (Wildman–Crippen MR) is 131 cm³/mol. The number of rotatable bonds is 8. The summed E-state index contributed by atoms with van der Waals surface area (Å²) in [5, 5.41) is 0. The number of hydrogen-bond acceptors (Lipinski definition) is 3. The van der Waals surface area contributed by atoms with Crippen LogP contribution < -0.4 is 9.47 Å². The number of ether oxygens (including phenoxy) is 2. The van der Waals surface area contributed by atoms with E-state index in [4.69, 9.17) is 14.5 Å². The summed E-state index contributed by atoms with van der Waals surface area (Å²) in [6.45, 7) is 12.3. The molecule has 0 unspecified atom stereocenters. The second-order valence-electron chi connectivity index (χ2n) is 8.77. The number of hydrogen-bond donors (Lipinski definition) is 0. The largest absolute Gasteiger partial charge is 0.491 e. The molecule has 0 aliphatic carbocycles. The van der Waals surface area contributed by atoms with Crippen molar-refractivity contribution in [1.82, 2.24) is 9.55 Å². The molecular weight excluding hydrogens is 396 g/mol. The molecule has 0 N–H and O–H groups in total. The summed E-state index contributed by atoms with van der Waals surface area (Å²) in [7, 11) is 0. The number of fused-ring (bicyclic) bond motifs is 1. The maximum Gasteiger partial charge on any atom is 0.148 e. The van der Waals surface area contributed by atoms with Crippen LogP contribution in [0.15, 0.2) is 60.7 Å². The third-order valence-electron chi connectivity index (χ3n) is 5.80. The molecule has 1 aromatic heterocycles. The summed E-state index contributed by atoms with van der Waals surface area (Å²) in [6.07, 6.45) is 0. The number of para-hydroxylation sites is 2. The summed E-state index contributed by atoms with van der Waals surface area (Å²) in [6, 6.07) is 21.0. The molecule has 0 atom stereocenters. The van der Waals surface area contributed by atoms with Gasteiger partial charge in [-0.25, -0.2) is 4.98 Å². The molecule has 4 rings (SSSR count). The van der Waals surface area contributed by atoms with Crippen molar-refractivity contribution < 1.29 is 9.47 Å². The first-order chi connectivity index (χ1) is 15.4. The Kier molecular flexibility index (Phi) is 6.50. The molecule has 0 aliphatic heterocycles. The summed E-state index contributed by atoms with van der Waals surface area (Å²) in [4.78, 5) is 4.85. The Balaban J connectivity index is 1.55. The molecule has 0 fully saturated rings. The molecule has 4 nitrogen and oxygen atoms in total. The highest BCUT2D eigenvalue weighted by atomic mass is 16.5. The third-order valence-corrected chi connectivity index (χ3v) is 5.80. The van der Waals surface area contributed by atoms with Crippen LogP contribution in [-0.2, 0) is 13.2 Å². The van der Waals surface area contributed by atoms with E-state index in [1.807, 2.05) is 18.2 Å². The molecule has 4 aromatic rings. The molecule has 0 aliphatic rings. The van der Waals surface area contributed by atoms with Crippen molar-refractivity contribution in [2.45, 2.75) is 53.7 Å². The molecule has 32 heavy (non-hydrogen) atoms. The third kappa shape index (κ3) is 4.80. The average Bonchev–Trinajstić information content (AvgIpc) is 3.12. The van der Waals surface area contributed by atoms with Crippen molar-refractivity contribution in [2.75, 3.05) is 6.61 Å². The lowest BCUT2D eigenvalue weighted by molar-refractivity contribution is 0.270. The maximum absolute atomic E-state index is 6.26. The minimum absolute atomic E-state index is 0.417. The van der Waals surface area contributed by atoms with Crippen LogP contribution in [0.4, 0.5) is 0 Å². The molecule has 0 amide bonds. The van der Waals surface area contributed by atoms with Gasteiger partial charge >= 0.3 is 0 Å². The van der Waals surface area contributed by atoms with Crippen molar-refractivity contribution in [3.05, 3.63) is 88.7 Å². The fraction of sp³-hybridized carbons (Fsp3) is 0.321. The Morgan fingerprint density at radius 3 is 2.34 bits per heavy atom. The van der Waals surface area contributed by atoms with Crippen LogP contribution in [0.5, 0.6) is 11.5 Å². The zero-order valence-corrected chi connectivity index (χ0v) is 19.7. The van der Waals surface area contributed by atoms with Gasteiger partial charge < -0.3 is 14.0 Å². The Morgan fingerprint density at radius 1 is 0.844 bits per heavy atom. The van der Waals surface area contributed by atoms with E-state index in [2.05, 4.69) is 81.7 Å². The van der Waals surface area contributed by atoms with Crippen LogP contribution in [0.1, 0.15) is 47.8 Å². The first-order valence-corrected chi connectivity index (χ1v) is 11.3. The topological polar surface area (TPSA) is 36.3 Å². The second-order valence-corrected chi connectivity index (χ2v) is 8.77. The molecular formula is C28H32N2O2. The van der Waals surface area contributed by atoms with Gasteiger partial charge in [-0.2, -0.15) is 0 Å². The van der Waals surface area contributed by atoms with Crippen molar-refractivity contribution in [1.29, 1.82) is 0 Å². The lowest BCUT2D eigenvalue weighted by Crippen LogP contribution is -2.14. The van der Waals surface area contributed by atoms with Gasteiger partial charge in [-0.05, 0) is 73.2 Å². The molecule has 0 bridgehead atoms. The Hall–Kier alpha value is -3.27. The molecule has 1 heterocycles. The predicted octanol–water partition coefficient (Wildman–Crippen LogP) is 6.74. The van der Waals surface area contributed by atoms with Gasteiger partial charge in [0.25, 0.3) is 0 Å². The van der Waals surface area contributed by atoms with Crippen molar-refractivity contribution in [2.24, 2.45) is 0 Å². The number of nitrogens with zero attached hydrogens (tertiary/aromatic N) is 2. The van der Waals surface area contributed by atoms with Crippen LogP contribution in [0, 0.1) is 20.8 Å². The van der Waals surface area contributed by atoms with E-state index >= 15 is 0 Å². The zero-order chi connectivity index (χ0) is 22.7. The molecule has 166 valence electrons. The fourth-order valence-electron chi connectivity index (χ4n) is 3.98. The summed E-state index contributed by atoms with van der Waals surface area (Å²) in [5.74, 6) is 3.20. The maximum atomic E-state index is 6.26. The van der Waals surface area contributed by atoms with Gasteiger partial charge in [-0.15, -0.1) is 0 Å². The van der Waals surface area contributed by atoms with Gasteiger partial charge in [0.2, 0.25) is 0 Å². The number of imidazole rings is 1. The van der Waals surface area contributed by atoms with Crippen LogP contribution in [0.3, 0.4) is 0 Å². The summed E-state index contributed by atoms with van der Waals surface area (Å²) >= 11 is 0. The Bertz CT molecular complexity index is 1220. The lowest BCUT2D eigenvalue weighted by atomic mass is 10.0. The van der Waals surface area contributed by atoms with E-state index in [0.29, 0.717) is 25.7 Å². The highest BCUT2D eigenvalue weighted by Crippen LogP contribution is 2.28. The lowest BCUT2D eigenvalue weighted by Gasteiger charge is -2.16. The molecule has 4 heteroatoms. The van der Waals surface area contributed by atoms with Gasteiger partial charge in [0.15, 0.2) is 0 Å². The van der Waals surface area contributed by atoms with Crippen LogP contribution in [0.25, 0.3) is 11.0 Å². The molecule has 3 aromatic carbocycles. The SMILES string of the molecule is Cc1ccc(C)c(OCc2nc3ccccc3n2CCOc2cc(C)ccc2C(C)C)c1. The summed E-state index contributed by atoms with van der Waals surface area (Å²) < 4.78 is 14.7. The van der Waals surface area contributed by atoms with E-state index in [-0.39, 0.29) is 0 Å². The molecule has 0 saturated heterocycles. The van der Waals surface area contributed by atoms with E-state index in [1.165, 1.54) is 16.7 Å². The smallest absolute Gasteiger partial charge is 0.148 e. The van der Waals surface area contributed by atoms with E-state index in [0.717, 1.165) is 33.9 Å². The standard InChI is InChI=1S/C28H32N2O2/c1-19(2)23-13-11-21(4)17-27(23)31-15-14-30-25-9-7-6-8-24(25)29-28(30)18-32-26-16-20(3)10-12-22(26)5/h6-13,16-17,19H,14-15,18H2,1-5H3. The molecule has 0 spiro atoms. The van der Waals surface area contributed by atoms with Crippen LogP contribution in [-0.4, -0.2) is 16.2 Å². The Labute approximate surface area is 190 Å². The molecule has 0 saturated carbocycles. The van der Waals surface area contributed by atoms with Gasteiger partial charge in [0.1, 0.15) is 30.5 Å². The van der Waals surface area contributed by atoms with Crippen LogP contribution in [0.2, 0.25) is 0 Å². The van der Waals surface area contributed by atoms with Gasteiger partial charge in [-0.1, -0.05) is 50.2 Å². The first-order valence-electron chi connectivity index (χ1n) is 11.3. The quantitative estimate of drug-likeness (QED) is 0.312. The van der Waals surface area contributed by atoms with Gasteiger partial charge in [0, 0.05) is 0 Å². The van der Waals surface area contributed by atoms with E-state index in [9.17, 15) is 0 Å². The highest BCUT2D eigenvalue weighted by Gasteiger charge is 2.13. The van der Waals surface area contributed by atoms with E-state index < -0.39 is 0 Å². The average molecular weight is 429 g/mol. The second kappa shape index (κ2) is 9.47. The van der Waals surface area contributed by atoms with Crippen molar-refractivity contribution in [3.8, 4) is 11.5 Å². The summed E-state index contributed by atoms with van der Waals surface area (Å²) in [5.41, 5.74) is 6.84. The Morgan fingerprint density at radius 2 is 1.56 bits per heavy atom. The number of benzene rings is 3. The van der Waals surface area contributed by atoms with Crippen molar-refractivity contribution >= 4 is 11.0 Å². The highest BCUT2D eigenvalue weighted by molar-refractivity contribution is 5.75. The normalized spacial score (nSPS) is 11.3. The van der Waals surface area contributed by atoms with Gasteiger partial charge in [0.05, 0.1) is 17.6 Å². The van der Waals surface area contributed by atoms with Crippen molar-refractivity contribution in [3.63, 3.8) is 0 Å². The van der Waals surface area contributed by atoms with Gasteiger partial charge in [-0.3, -0.25) is 0 Å². The van der Waals surface area contributed by atoms with E-state index in [1.54, 1.807) is 0 Å². The number of aryl methyl sites for hydroxylation is 3. The fourth-order valence-corrected chi connectivity index (χ4v) is 3.98.